The highest BCUT2D eigenvalue weighted by atomic mass is 32.2. The summed E-state index contributed by atoms with van der Waals surface area (Å²) >= 11 is 1.85. The van der Waals surface area contributed by atoms with Crippen LogP contribution in [0.5, 0.6) is 0 Å². The van der Waals surface area contributed by atoms with Gasteiger partial charge < -0.3 is 0 Å². The first-order chi connectivity index (χ1) is 8.61. The van der Waals surface area contributed by atoms with Crippen LogP contribution in [0.4, 0.5) is 5.69 Å². The van der Waals surface area contributed by atoms with Gasteiger partial charge in [-0.15, -0.1) is 11.8 Å². The first-order valence-corrected chi connectivity index (χ1v) is 9.01. The molecule has 0 saturated heterocycles. The Bertz CT molecular complexity index is 512. The maximum atomic E-state index is 11.8. The lowest BCUT2D eigenvalue weighted by Crippen LogP contribution is -2.16. The summed E-state index contributed by atoms with van der Waals surface area (Å²) in [6.45, 7) is 1.99. The number of thioether (sulfide) groups is 1. The Balaban J connectivity index is 2.10. The zero-order valence-corrected chi connectivity index (χ0v) is 12.2. The molecule has 100 valence electrons. The number of benzene rings is 1. The molecule has 1 aromatic carbocycles. The fourth-order valence-corrected chi connectivity index (χ4v) is 4.26. The lowest BCUT2D eigenvalue weighted by Gasteiger charge is -2.16. The van der Waals surface area contributed by atoms with Crippen molar-refractivity contribution in [1.82, 2.24) is 0 Å². The average Bonchev–Trinajstić information content (AvgIpc) is 2.36. The molecule has 1 aliphatic heterocycles. The molecular formula is C13H19NO2S2. The van der Waals surface area contributed by atoms with E-state index in [4.69, 9.17) is 0 Å². The summed E-state index contributed by atoms with van der Waals surface area (Å²) < 4.78 is 26.3. The van der Waals surface area contributed by atoms with Crippen molar-refractivity contribution in [2.45, 2.75) is 37.5 Å². The topological polar surface area (TPSA) is 46.2 Å². The molecule has 1 N–H and O–H groups in total. The molecule has 18 heavy (non-hydrogen) atoms. The number of sulfonamides is 1. The number of hydrogen-bond acceptors (Lipinski definition) is 3. The number of rotatable bonds is 5. The van der Waals surface area contributed by atoms with Crippen LogP contribution in [0.2, 0.25) is 0 Å². The second kappa shape index (κ2) is 5.97. The predicted molar refractivity (Wildman–Crippen MR) is 77.8 cm³/mol. The summed E-state index contributed by atoms with van der Waals surface area (Å²) in [6, 6.07) is 5.86. The Morgan fingerprint density at radius 2 is 2.22 bits per heavy atom. The molecule has 0 saturated carbocycles. The van der Waals surface area contributed by atoms with E-state index in [0.29, 0.717) is 12.1 Å². The van der Waals surface area contributed by atoms with Crippen LogP contribution in [-0.4, -0.2) is 19.9 Å². The van der Waals surface area contributed by atoms with Crippen LogP contribution in [0.1, 0.15) is 31.7 Å². The normalized spacial score (nSPS) is 15.2. The van der Waals surface area contributed by atoms with Crippen molar-refractivity contribution in [1.29, 1.82) is 0 Å². The Morgan fingerprint density at radius 1 is 1.39 bits per heavy atom. The van der Waals surface area contributed by atoms with Crippen molar-refractivity contribution in [3.8, 4) is 0 Å². The minimum Gasteiger partial charge on any atom is -0.284 e. The predicted octanol–water partition coefficient (Wildman–Crippen LogP) is 3.27. The van der Waals surface area contributed by atoms with Gasteiger partial charge in [0.25, 0.3) is 0 Å². The van der Waals surface area contributed by atoms with E-state index in [1.54, 1.807) is 0 Å². The van der Waals surface area contributed by atoms with Gasteiger partial charge in [0.05, 0.1) is 5.75 Å². The second-order valence-electron chi connectivity index (χ2n) is 4.55. The Labute approximate surface area is 113 Å². The number of anilines is 1. The number of unbranched alkanes of at least 4 members (excludes halogenated alkanes) is 1. The molecule has 0 radical (unpaired) electrons. The van der Waals surface area contributed by atoms with Gasteiger partial charge in [0.1, 0.15) is 0 Å². The Morgan fingerprint density at radius 3 is 3.00 bits per heavy atom. The molecule has 0 fully saturated rings. The zero-order chi connectivity index (χ0) is 13.0. The molecule has 0 aromatic heterocycles. The Kier molecular flexibility index (Phi) is 4.56. The van der Waals surface area contributed by atoms with E-state index in [9.17, 15) is 8.42 Å². The maximum Gasteiger partial charge on any atom is 0.232 e. The van der Waals surface area contributed by atoms with E-state index >= 15 is 0 Å². The van der Waals surface area contributed by atoms with Crippen molar-refractivity contribution < 1.29 is 8.42 Å². The van der Waals surface area contributed by atoms with Gasteiger partial charge in [-0.25, -0.2) is 8.42 Å². The summed E-state index contributed by atoms with van der Waals surface area (Å²) in [5.41, 5.74) is 1.97. The molecule has 1 aliphatic rings. The molecular weight excluding hydrogens is 266 g/mol. The minimum atomic E-state index is -3.18. The highest BCUT2D eigenvalue weighted by Gasteiger charge is 2.13. The quantitative estimate of drug-likeness (QED) is 0.903. The van der Waals surface area contributed by atoms with E-state index in [1.807, 2.05) is 36.9 Å². The van der Waals surface area contributed by atoms with Gasteiger partial charge in [0.15, 0.2) is 0 Å². The molecule has 2 rings (SSSR count). The molecule has 1 heterocycles. The lowest BCUT2D eigenvalue weighted by molar-refractivity contribution is 0.598. The lowest BCUT2D eigenvalue weighted by atomic mass is 10.1. The maximum absolute atomic E-state index is 11.8. The third-order valence-corrected chi connectivity index (χ3v) is 5.52. The van der Waals surface area contributed by atoms with Gasteiger partial charge in [0, 0.05) is 10.6 Å². The molecule has 0 amide bonds. The average molecular weight is 285 g/mol. The molecule has 0 spiro atoms. The van der Waals surface area contributed by atoms with E-state index in [0.717, 1.165) is 18.6 Å². The number of nitrogens with one attached hydrogen (secondary N) is 1. The van der Waals surface area contributed by atoms with Crippen LogP contribution in [0, 0.1) is 0 Å². The smallest absolute Gasteiger partial charge is 0.232 e. The molecule has 0 bridgehead atoms. The van der Waals surface area contributed by atoms with Gasteiger partial charge in [-0.3, -0.25) is 4.72 Å². The fraction of sp³-hybridized carbons (Fsp3) is 0.538. The minimum absolute atomic E-state index is 0.204. The van der Waals surface area contributed by atoms with E-state index in [-0.39, 0.29) is 5.75 Å². The highest BCUT2D eigenvalue weighted by Crippen LogP contribution is 2.31. The molecule has 1 aromatic rings. The van der Waals surface area contributed by atoms with Crippen LogP contribution in [0.3, 0.4) is 0 Å². The number of hydrogen-bond donors (Lipinski definition) is 1. The number of fused-ring (bicyclic) bond motifs is 1. The first-order valence-electron chi connectivity index (χ1n) is 6.37. The van der Waals surface area contributed by atoms with Crippen LogP contribution < -0.4 is 4.72 Å². The van der Waals surface area contributed by atoms with Gasteiger partial charge >= 0.3 is 0 Å². The van der Waals surface area contributed by atoms with Crippen molar-refractivity contribution in [2.75, 3.05) is 16.2 Å². The van der Waals surface area contributed by atoms with Gasteiger partial charge in [0.2, 0.25) is 10.0 Å². The molecule has 0 atom stereocenters. The second-order valence-corrected chi connectivity index (χ2v) is 7.53. The van der Waals surface area contributed by atoms with Crippen molar-refractivity contribution in [3.05, 3.63) is 23.8 Å². The van der Waals surface area contributed by atoms with Crippen molar-refractivity contribution in [2.24, 2.45) is 0 Å². The fourth-order valence-electron chi connectivity index (χ4n) is 1.99. The number of aryl methyl sites for hydroxylation is 1. The van der Waals surface area contributed by atoms with Crippen LogP contribution >= 0.6 is 11.8 Å². The van der Waals surface area contributed by atoms with Crippen molar-refractivity contribution in [3.63, 3.8) is 0 Å². The summed E-state index contributed by atoms with van der Waals surface area (Å²) in [5, 5.41) is 0. The van der Waals surface area contributed by atoms with Crippen LogP contribution in [-0.2, 0) is 16.4 Å². The van der Waals surface area contributed by atoms with Gasteiger partial charge in [-0.2, -0.15) is 0 Å². The molecule has 0 unspecified atom stereocenters. The first kappa shape index (κ1) is 13.7. The highest BCUT2D eigenvalue weighted by molar-refractivity contribution is 7.99. The van der Waals surface area contributed by atoms with E-state index in [2.05, 4.69) is 4.72 Å². The molecule has 5 heteroatoms. The third-order valence-electron chi connectivity index (χ3n) is 2.95. The van der Waals surface area contributed by atoms with Gasteiger partial charge in [-0.1, -0.05) is 13.3 Å². The summed E-state index contributed by atoms with van der Waals surface area (Å²) in [5.74, 6) is 1.36. The summed E-state index contributed by atoms with van der Waals surface area (Å²) in [6.07, 6.45) is 3.81. The largest absolute Gasteiger partial charge is 0.284 e. The van der Waals surface area contributed by atoms with E-state index in [1.165, 1.54) is 16.9 Å². The summed E-state index contributed by atoms with van der Waals surface area (Å²) in [7, 11) is -3.18. The van der Waals surface area contributed by atoms with E-state index < -0.39 is 10.0 Å². The van der Waals surface area contributed by atoms with Crippen LogP contribution in [0.15, 0.2) is 23.1 Å². The summed E-state index contributed by atoms with van der Waals surface area (Å²) in [4.78, 5) is 1.29. The SMILES string of the molecule is CCCCS(=O)(=O)Nc1ccc2c(c1)CCCS2. The zero-order valence-electron chi connectivity index (χ0n) is 10.6. The third kappa shape index (κ3) is 3.65. The molecule has 0 aliphatic carbocycles. The molecule has 3 nitrogen and oxygen atoms in total. The van der Waals surface area contributed by atoms with Crippen LogP contribution in [0.25, 0.3) is 0 Å². The monoisotopic (exact) mass is 285 g/mol. The standard InChI is InChI=1S/C13H19NO2S2/c1-2-3-9-18(15,16)14-12-6-7-13-11(10-12)5-4-8-17-13/h6-7,10,14H,2-5,8-9H2,1H3. The van der Waals surface area contributed by atoms with Gasteiger partial charge in [-0.05, 0) is 48.8 Å². The van der Waals surface area contributed by atoms with Crippen molar-refractivity contribution >= 4 is 27.5 Å². The Hall–Kier alpha value is -0.680.